The molecule has 0 spiro atoms. The number of unbranched alkanes of at least 4 members (excludes halogenated alkanes) is 14. The van der Waals surface area contributed by atoms with Crippen LogP contribution >= 0.6 is 0 Å². The van der Waals surface area contributed by atoms with E-state index in [1.807, 2.05) is 86.6 Å². The third-order valence-corrected chi connectivity index (χ3v) is 12.8. The molecule has 0 aliphatic carbocycles. The molecule has 1 radical (unpaired) electrons. The predicted octanol–water partition coefficient (Wildman–Crippen LogP) is 18.3. The minimum absolute atomic E-state index is 0. The summed E-state index contributed by atoms with van der Waals surface area (Å²) < 4.78 is 0. The molecule has 69 heavy (non-hydrogen) atoms. The zero-order valence-corrected chi connectivity index (χ0v) is 42.7. The number of hydrogen-bond acceptors (Lipinski definition) is 4. The predicted molar refractivity (Wildman–Crippen MR) is 289 cm³/mol. The fraction of sp³-hybridized carbons (Fsp3) is 0.344. The number of aliphatic hydroxyl groups excluding tert-OH is 2. The van der Waals surface area contributed by atoms with Gasteiger partial charge in [-0.1, -0.05) is 260 Å². The van der Waals surface area contributed by atoms with Crippen LogP contribution in [0.2, 0.25) is 0 Å². The van der Waals surface area contributed by atoms with Gasteiger partial charge in [0.2, 0.25) is 0 Å². The van der Waals surface area contributed by atoms with Crippen molar-refractivity contribution in [1.82, 2.24) is 0 Å². The second-order valence-corrected chi connectivity index (χ2v) is 18.5. The Balaban J connectivity index is 0.000000296. The molecule has 2 N–H and O–H groups in total. The van der Waals surface area contributed by atoms with E-state index in [4.69, 9.17) is 0 Å². The molecule has 0 saturated carbocycles. The van der Waals surface area contributed by atoms with Crippen molar-refractivity contribution in [3.63, 3.8) is 0 Å². The third kappa shape index (κ3) is 20.0. The first-order chi connectivity index (χ1) is 33.1. The van der Waals surface area contributed by atoms with Crippen molar-refractivity contribution in [1.29, 1.82) is 0 Å². The van der Waals surface area contributed by atoms with E-state index < -0.39 is 0 Å². The van der Waals surface area contributed by atoms with E-state index in [2.05, 4.69) is 62.4 Å². The summed E-state index contributed by atoms with van der Waals surface area (Å²) in [6.45, 7) is 8.49. The van der Waals surface area contributed by atoms with Gasteiger partial charge < -0.3 is 10.2 Å². The summed E-state index contributed by atoms with van der Waals surface area (Å²) in [7, 11) is 0. The Morgan fingerprint density at radius 2 is 0.594 bits per heavy atom. The first-order valence-electron chi connectivity index (χ1n) is 25.6. The fourth-order valence-corrected chi connectivity index (χ4v) is 8.34. The maximum Gasteiger partial charge on any atom is 0.189 e. The number of allylic oxidation sites excluding steroid dienone is 2. The molecule has 0 bridgehead atoms. The average Bonchev–Trinajstić information content (AvgIpc) is 3.36. The summed E-state index contributed by atoms with van der Waals surface area (Å²) in [6, 6.07) is 47.7. The standard InChI is InChI=1S/2C32H38O2.Cu/c2*1-3-4-5-6-7-8-9-10-11-26-14-18-27(19-15-26)28-20-22-30(23-21-28)32(34)24-31(33)29-16-12-25(2)13-17-29;/h2*12-24,34H,3-11H2,1-2H3;/b2*32-24-;. The summed E-state index contributed by atoms with van der Waals surface area (Å²) in [5.74, 6) is -0.432. The summed E-state index contributed by atoms with van der Waals surface area (Å²) in [6.07, 6.45) is 26.4. The van der Waals surface area contributed by atoms with Gasteiger partial charge in [-0.25, -0.2) is 0 Å². The summed E-state index contributed by atoms with van der Waals surface area (Å²) in [5.41, 5.74) is 11.9. The summed E-state index contributed by atoms with van der Waals surface area (Å²) >= 11 is 0. The van der Waals surface area contributed by atoms with Crippen LogP contribution in [0.15, 0.2) is 158 Å². The number of benzene rings is 6. The molecule has 0 aromatic heterocycles. The number of ketones is 2. The molecule has 0 aliphatic heterocycles. The Bertz CT molecular complexity index is 2270. The second-order valence-electron chi connectivity index (χ2n) is 18.5. The minimum Gasteiger partial charge on any atom is -0.507 e. The van der Waals surface area contributed by atoms with Gasteiger partial charge in [-0.15, -0.1) is 0 Å². The van der Waals surface area contributed by atoms with Crippen molar-refractivity contribution >= 4 is 23.1 Å². The van der Waals surface area contributed by atoms with Gasteiger partial charge in [0.15, 0.2) is 11.6 Å². The molecule has 0 aliphatic rings. The molecule has 5 heteroatoms. The van der Waals surface area contributed by atoms with Gasteiger partial charge in [-0.05, 0) is 72.9 Å². The van der Waals surface area contributed by atoms with E-state index in [1.165, 1.54) is 126 Å². The average molecular weight is 973 g/mol. The van der Waals surface area contributed by atoms with E-state index in [9.17, 15) is 19.8 Å². The van der Waals surface area contributed by atoms with Crippen molar-refractivity contribution in [3.05, 3.63) is 202 Å². The smallest absolute Gasteiger partial charge is 0.189 e. The van der Waals surface area contributed by atoms with Crippen molar-refractivity contribution in [2.24, 2.45) is 0 Å². The Morgan fingerprint density at radius 1 is 0.348 bits per heavy atom. The van der Waals surface area contributed by atoms with Crippen molar-refractivity contribution < 1.29 is 36.9 Å². The van der Waals surface area contributed by atoms with Gasteiger partial charge >= 0.3 is 0 Å². The van der Waals surface area contributed by atoms with E-state index >= 15 is 0 Å². The zero-order valence-electron chi connectivity index (χ0n) is 41.8. The Labute approximate surface area is 425 Å². The second kappa shape index (κ2) is 31.4. The molecule has 4 nitrogen and oxygen atoms in total. The molecule has 0 amide bonds. The normalized spacial score (nSPS) is 11.4. The Kier molecular flexibility index (Phi) is 25.4. The van der Waals surface area contributed by atoms with E-state index in [-0.39, 0.29) is 40.2 Å². The molecule has 367 valence electrons. The number of carbonyl (C=O) groups excluding carboxylic acids is 2. The summed E-state index contributed by atoms with van der Waals surface area (Å²) in [4.78, 5) is 24.8. The van der Waals surface area contributed by atoms with E-state index in [0.717, 1.165) is 46.2 Å². The molecule has 6 aromatic carbocycles. The Hall–Kier alpha value is -5.74. The third-order valence-electron chi connectivity index (χ3n) is 12.8. The molecule has 0 heterocycles. The number of rotatable bonds is 26. The van der Waals surface area contributed by atoms with Crippen LogP contribution in [-0.4, -0.2) is 21.8 Å². The molecular formula is C64H76CuO4. The zero-order chi connectivity index (χ0) is 48.4. The van der Waals surface area contributed by atoms with Crippen molar-refractivity contribution in [2.75, 3.05) is 0 Å². The number of hydrogen-bond donors (Lipinski definition) is 2. The molecule has 0 fully saturated rings. The first kappa shape index (κ1) is 55.9. The van der Waals surface area contributed by atoms with Crippen LogP contribution in [0.25, 0.3) is 33.8 Å². The van der Waals surface area contributed by atoms with Crippen LogP contribution in [0.1, 0.15) is 171 Å². The SMILES string of the molecule is CCCCCCCCCCc1ccc(-c2ccc(/C(O)=C/C(=O)c3ccc(C)cc3)cc2)cc1.CCCCCCCCCCc1ccc(-c2ccc(/C(O)=C/C(=O)c3ccc(C)cc3)cc2)cc1.[Cu]. The molecule has 0 atom stereocenters. The molecule has 6 rings (SSSR count). The maximum atomic E-state index is 12.4. The number of aliphatic hydroxyl groups is 2. The topological polar surface area (TPSA) is 74.6 Å². The van der Waals surface area contributed by atoms with Crippen molar-refractivity contribution in [2.45, 2.75) is 143 Å². The molecule has 0 unspecified atom stereocenters. The Morgan fingerprint density at radius 3 is 0.884 bits per heavy atom. The maximum absolute atomic E-state index is 12.4. The summed E-state index contributed by atoms with van der Waals surface area (Å²) in [5, 5.41) is 20.8. The van der Waals surface area contributed by atoms with Gasteiger partial charge in [0.05, 0.1) is 0 Å². The van der Waals surface area contributed by atoms with Crippen LogP contribution < -0.4 is 0 Å². The van der Waals surface area contributed by atoms with Gasteiger partial charge in [-0.2, -0.15) is 0 Å². The number of aryl methyl sites for hydroxylation is 4. The quantitative estimate of drug-likeness (QED) is 0.0187. The van der Waals surface area contributed by atoms with Crippen molar-refractivity contribution in [3.8, 4) is 22.3 Å². The van der Waals surface area contributed by atoms with Crippen LogP contribution in [0.5, 0.6) is 0 Å². The van der Waals surface area contributed by atoms with E-state index in [1.54, 1.807) is 24.3 Å². The fourth-order valence-electron chi connectivity index (χ4n) is 8.34. The van der Waals surface area contributed by atoms with Gasteiger partial charge in [0, 0.05) is 51.5 Å². The first-order valence-corrected chi connectivity index (χ1v) is 25.6. The molecule has 6 aromatic rings. The van der Waals surface area contributed by atoms with Crippen LogP contribution in [0, 0.1) is 13.8 Å². The van der Waals surface area contributed by atoms with Gasteiger partial charge in [0.25, 0.3) is 0 Å². The molecule has 0 saturated heterocycles. The van der Waals surface area contributed by atoms with Gasteiger partial charge in [0.1, 0.15) is 11.5 Å². The minimum atomic E-state index is -0.200. The largest absolute Gasteiger partial charge is 0.507 e. The molecular weight excluding hydrogens is 896 g/mol. The monoisotopic (exact) mass is 972 g/mol. The van der Waals surface area contributed by atoms with Crippen LogP contribution in [0.4, 0.5) is 0 Å². The van der Waals surface area contributed by atoms with Gasteiger partial charge in [-0.3, -0.25) is 9.59 Å². The van der Waals surface area contributed by atoms with E-state index in [0.29, 0.717) is 22.3 Å². The van der Waals surface area contributed by atoms with Crippen LogP contribution in [-0.2, 0) is 29.9 Å². The van der Waals surface area contributed by atoms with Crippen LogP contribution in [0.3, 0.4) is 0 Å². The number of carbonyl (C=O) groups is 2.